The molecule has 2 aromatic carbocycles. The summed E-state index contributed by atoms with van der Waals surface area (Å²) in [4.78, 5) is 8.70. The first-order valence-electron chi connectivity index (χ1n) is 9.03. The van der Waals surface area contributed by atoms with Gasteiger partial charge in [0.2, 0.25) is 23.4 Å². The molecule has 2 aromatic heterocycles. The minimum absolute atomic E-state index is 0.443. The maximum Gasteiger partial charge on any atom is 0.230 e. The average Bonchev–Trinajstić information content (AvgIpc) is 3.34. The van der Waals surface area contributed by atoms with Gasteiger partial charge in [-0.3, -0.25) is 0 Å². The molecule has 0 spiro atoms. The lowest BCUT2D eigenvalue weighted by atomic mass is 10.1. The van der Waals surface area contributed by atoms with Gasteiger partial charge >= 0.3 is 0 Å². The van der Waals surface area contributed by atoms with Gasteiger partial charge in [0.1, 0.15) is 5.75 Å². The molecular formula is C21H20N4O3. The van der Waals surface area contributed by atoms with E-state index in [1.54, 1.807) is 6.92 Å². The fraction of sp³-hybridized carbons (Fsp3) is 0.238. The molecule has 0 aliphatic heterocycles. The first-order chi connectivity index (χ1) is 13.6. The normalized spacial score (nSPS) is 11.0. The monoisotopic (exact) mass is 376 g/mol. The van der Waals surface area contributed by atoms with Crippen molar-refractivity contribution in [3.63, 3.8) is 0 Å². The number of hydrogen-bond acceptors (Lipinski definition) is 7. The molecule has 4 aromatic rings. The SMILES string of the molecule is Cc1nc(-c2cc(C)c(OCCc3nc(-c4ccccc4)no3)c(C)c2)no1. The molecular weight excluding hydrogens is 356 g/mol. The molecule has 0 saturated carbocycles. The van der Waals surface area contributed by atoms with Crippen LogP contribution in [0.15, 0.2) is 51.5 Å². The van der Waals surface area contributed by atoms with Gasteiger partial charge in [0, 0.05) is 18.1 Å². The van der Waals surface area contributed by atoms with Gasteiger partial charge in [-0.05, 0) is 37.1 Å². The average molecular weight is 376 g/mol. The molecule has 0 saturated heterocycles. The third kappa shape index (κ3) is 3.78. The molecule has 0 aliphatic carbocycles. The molecule has 2 heterocycles. The zero-order chi connectivity index (χ0) is 19.5. The highest BCUT2D eigenvalue weighted by Crippen LogP contribution is 2.29. The van der Waals surface area contributed by atoms with E-state index in [-0.39, 0.29) is 0 Å². The molecule has 142 valence electrons. The molecule has 0 N–H and O–H groups in total. The molecule has 0 fully saturated rings. The van der Waals surface area contributed by atoms with E-state index in [4.69, 9.17) is 13.8 Å². The summed E-state index contributed by atoms with van der Waals surface area (Å²) in [7, 11) is 0. The van der Waals surface area contributed by atoms with Gasteiger partial charge in [-0.2, -0.15) is 9.97 Å². The minimum atomic E-state index is 0.443. The van der Waals surface area contributed by atoms with Crippen molar-refractivity contribution in [2.75, 3.05) is 6.61 Å². The number of rotatable bonds is 6. The van der Waals surface area contributed by atoms with Crippen LogP contribution in [0.2, 0.25) is 0 Å². The first-order valence-corrected chi connectivity index (χ1v) is 9.03. The lowest BCUT2D eigenvalue weighted by Gasteiger charge is -2.12. The quantitative estimate of drug-likeness (QED) is 0.495. The molecule has 0 unspecified atom stereocenters. The Morgan fingerprint density at radius 2 is 1.50 bits per heavy atom. The van der Waals surface area contributed by atoms with E-state index in [1.807, 2.05) is 56.3 Å². The van der Waals surface area contributed by atoms with Crippen LogP contribution in [0.4, 0.5) is 0 Å². The van der Waals surface area contributed by atoms with E-state index in [0.29, 0.717) is 36.5 Å². The van der Waals surface area contributed by atoms with Crippen LogP contribution in [0.5, 0.6) is 5.75 Å². The highest BCUT2D eigenvalue weighted by molar-refractivity contribution is 5.61. The van der Waals surface area contributed by atoms with Gasteiger partial charge in [0.25, 0.3) is 0 Å². The molecule has 0 atom stereocenters. The third-order valence-electron chi connectivity index (χ3n) is 4.31. The van der Waals surface area contributed by atoms with Crippen LogP contribution in [0.3, 0.4) is 0 Å². The minimum Gasteiger partial charge on any atom is -0.493 e. The predicted molar refractivity (Wildman–Crippen MR) is 103 cm³/mol. The second-order valence-electron chi connectivity index (χ2n) is 6.55. The van der Waals surface area contributed by atoms with Gasteiger partial charge in [0.05, 0.1) is 13.0 Å². The van der Waals surface area contributed by atoms with Crippen molar-refractivity contribution in [2.24, 2.45) is 0 Å². The summed E-state index contributed by atoms with van der Waals surface area (Å²) >= 11 is 0. The van der Waals surface area contributed by atoms with Crippen LogP contribution in [-0.2, 0) is 6.42 Å². The number of hydrogen-bond donors (Lipinski definition) is 0. The molecule has 0 amide bonds. The number of ether oxygens (including phenoxy) is 1. The van der Waals surface area contributed by atoms with Crippen LogP contribution in [0.1, 0.15) is 22.9 Å². The Hall–Kier alpha value is -3.48. The zero-order valence-corrected chi connectivity index (χ0v) is 16.0. The maximum absolute atomic E-state index is 5.99. The summed E-state index contributed by atoms with van der Waals surface area (Å²) < 4.78 is 16.4. The van der Waals surface area contributed by atoms with Crippen LogP contribution >= 0.6 is 0 Å². The summed E-state index contributed by atoms with van der Waals surface area (Å²) in [5.41, 5.74) is 3.85. The van der Waals surface area contributed by atoms with Gasteiger partial charge in [-0.15, -0.1) is 0 Å². The van der Waals surface area contributed by atoms with E-state index in [9.17, 15) is 0 Å². The Kier molecular flexibility index (Phi) is 4.89. The lowest BCUT2D eigenvalue weighted by molar-refractivity contribution is 0.289. The van der Waals surface area contributed by atoms with E-state index < -0.39 is 0 Å². The maximum atomic E-state index is 5.99. The second kappa shape index (κ2) is 7.64. The van der Waals surface area contributed by atoms with Crippen molar-refractivity contribution in [3.05, 3.63) is 65.4 Å². The zero-order valence-electron chi connectivity index (χ0n) is 16.0. The molecule has 4 rings (SSSR count). The summed E-state index contributed by atoms with van der Waals surface area (Å²) in [5, 5.41) is 8.00. The number of aromatic nitrogens is 4. The lowest BCUT2D eigenvalue weighted by Crippen LogP contribution is -2.04. The van der Waals surface area contributed by atoms with Gasteiger partial charge in [-0.25, -0.2) is 0 Å². The second-order valence-corrected chi connectivity index (χ2v) is 6.55. The van der Waals surface area contributed by atoms with E-state index >= 15 is 0 Å². The van der Waals surface area contributed by atoms with E-state index in [0.717, 1.165) is 28.0 Å². The predicted octanol–water partition coefficient (Wildman–Crippen LogP) is 4.33. The molecule has 7 heteroatoms. The summed E-state index contributed by atoms with van der Waals surface area (Å²) in [6.07, 6.45) is 0.532. The van der Waals surface area contributed by atoms with Crippen molar-refractivity contribution >= 4 is 0 Å². The Balaban J connectivity index is 1.42. The van der Waals surface area contributed by atoms with Crippen LogP contribution in [-0.4, -0.2) is 26.9 Å². The largest absolute Gasteiger partial charge is 0.493 e. The topological polar surface area (TPSA) is 87.1 Å². The molecule has 7 nitrogen and oxygen atoms in total. The summed E-state index contributed by atoms with van der Waals surface area (Å²) in [6, 6.07) is 13.7. The fourth-order valence-electron chi connectivity index (χ4n) is 3.02. The Morgan fingerprint density at radius 3 is 2.18 bits per heavy atom. The third-order valence-corrected chi connectivity index (χ3v) is 4.31. The van der Waals surface area contributed by atoms with Crippen molar-refractivity contribution in [3.8, 4) is 28.5 Å². The number of nitrogens with zero attached hydrogens (tertiary/aromatic N) is 4. The van der Waals surface area contributed by atoms with Crippen molar-refractivity contribution in [2.45, 2.75) is 27.2 Å². The van der Waals surface area contributed by atoms with Crippen molar-refractivity contribution < 1.29 is 13.8 Å². The van der Waals surface area contributed by atoms with Crippen LogP contribution < -0.4 is 4.74 Å². The van der Waals surface area contributed by atoms with Gasteiger partial charge in [0.15, 0.2) is 0 Å². The van der Waals surface area contributed by atoms with Crippen LogP contribution in [0.25, 0.3) is 22.8 Å². The molecule has 0 radical (unpaired) electrons. The smallest absolute Gasteiger partial charge is 0.230 e. The Morgan fingerprint density at radius 1 is 0.821 bits per heavy atom. The number of aryl methyl sites for hydroxylation is 3. The van der Waals surface area contributed by atoms with E-state index in [1.165, 1.54) is 0 Å². The Bertz CT molecular complexity index is 1060. The van der Waals surface area contributed by atoms with Gasteiger partial charge in [-0.1, -0.05) is 40.6 Å². The molecule has 0 bridgehead atoms. The fourth-order valence-corrected chi connectivity index (χ4v) is 3.02. The van der Waals surface area contributed by atoms with Gasteiger partial charge < -0.3 is 13.8 Å². The van der Waals surface area contributed by atoms with Crippen LogP contribution in [0, 0.1) is 20.8 Å². The number of benzene rings is 2. The first kappa shape index (κ1) is 17.9. The summed E-state index contributed by atoms with van der Waals surface area (Å²) in [6.45, 7) is 6.21. The summed E-state index contributed by atoms with van der Waals surface area (Å²) in [5.74, 6) is 3.09. The highest BCUT2D eigenvalue weighted by atomic mass is 16.5. The van der Waals surface area contributed by atoms with Crippen molar-refractivity contribution in [1.29, 1.82) is 0 Å². The highest BCUT2D eigenvalue weighted by Gasteiger charge is 2.13. The van der Waals surface area contributed by atoms with E-state index in [2.05, 4.69) is 20.3 Å². The molecule has 0 aliphatic rings. The Labute approximate surface area is 162 Å². The standard InChI is InChI=1S/C21H20N4O3/c1-13-11-17(21-22-15(3)27-24-21)12-14(2)19(13)26-10-9-18-23-20(25-28-18)16-7-5-4-6-8-16/h4-8,11-12H,9-10H2,1-3H3. The molecule has 28 heavy (non-hydrogen) atoms. The van der Waals surface area contributed by atoms with Crippen molar-refractivity contribution in [1.82, 2.24) is 20.3 Å².